The second-order valence-corrected chi connectivity index (χ2v) is 8.54. The van der Waals surface area contributed by atoms with Crippen molar-refractivity contribution < 1.29 is 14.4 Å². The summed E-state index contributed by atoms with van der Waals surface area (Å²) in [6.07, 6.45) is 4.15. The Hall–Kier alpha value is -3.15. The molecule has 6 heteroatoms. The molecule has 30 heavy (non-hydrogen) atoms. The number of urea groups is 1. The van der Waals surface area contributed by atoms with Crippen LogP contribution in [0.1, 0.15) is 60.0 Å². The Labute approximate surface area is 176 Å². The van der Waals surface area contributed by atoms with Gasteiger partial charge in [-0.3, -0.25) is 14.5 Å². The molecular weight excluding hydrogens is 378 g/mol. The molecule has 1 heterocycles. The first kappa shape index (κ1) is 20.1. The minimum absolute atomic E-state index is 0.246. The molecule has 0 spiro atoms. The summed E-state index contributed by atoms with van der Waals surface area (Å²) in [5, 5.41) is 2.84. The second kappa shape index (κ2) is 7.94. The predicted molar refractivity (Wildman–Crippen MR) is 114 cm³/mol. The summed E-state index contributed by atoms with van der Waals surface area (Å²) < 4.78 is 0. The lowest BCUT2D eigenvalue weighted by Gasteiger charge is -2.31. The van der Waals surface area contributed by atoms with E-state index in [9.17, 15) is 14.4 Å². The zero-order valence-electron chi connectivity index (χ0n) is 17.1. The summed E-state index contributed by atoms with van der Waals surface area (Å²) in [6.45, 7) is 2.15. The van der Waals surface area contributed by atoms with E-state index >= 15 is 0 Å². The van der Waals surface area contributed by atoms with E-state index in [0.29, 0.717) is 29.5 Å². The number of amides is 4. The van der Waals surface area contributed by atoms with Crippen LogP contribution in [-0.4, -0.2) is 29.3 Å². The smallest absolute Gasteiger partial charge is 0.325 e. The maximum atomic E-state index is 13.2. The van der Waals surface area contributed by atoms with Crippen molar-refractivity contribution in [1.82, 2.24) is 10.2 Å². The first-order chi connectivity index (χ1) is 14.4. The zero-order chi connectivity index (χ0) is 21.3. The molecule has 2 aliphatic rings. The van der Waals surface area contributed by atoms with Gasteiger partial charge in [-0.25, -0.2) is 4.79 Å². The van der Waals surface area contributed by atoms with Crippen LogP contribution in [0.2, 0.25) is 0 Å². The van der Waals surface area contributed by atoms with Crippen molar-refractivity contribution in [2.75, 3.05) is 6.54 Å². The molecular formula is C24H27N3O3. The second-order valence-electron chi connectivity index (χ2n) is 8.54. The standard InChI is InChI=1S/C24H27N3O3/c1-24(20-13-11-19(12-14-20)21(25)28)22(29)27(23(30)26-24)15-16-7-9-18(10-8-16)17-5-3-2-4-6-17/h2-6,11-14,16,18H,7-10,15H2,1H3,(H2,25,28)(H,26,30). The molecule has 0 radical (unpaired) electrons. The van der Waals surface area contributed by atoms with Crippen LogP contribution in [0, 0.1) is 5.92 Å². The lowest BCUT2D eigenvalue weighted by Crippen LogP contribution is -2.41. The van der Waals surface area contributed by atoms with E-state index in [1.54, 1.807) is 31.2 Å². The van der Waals surface area contributed by atoms with Gasteiger partial charge in [0.05, 0.1) is 0 Å². The summed E-state index contributed by atoms with van der Waals surface area (Å²) in [5.41, 5.74) is 6.54. The number of benzene rings is 2. The average Bonchev–Trinajstić information content (AvgIpc) is 2.99. The average molecular weight is 405 g/mol. The Morgan fingerprint density at radius 3 is 2.27 bits per heavy atom. The number of carbonyl (C=O) groups is 3. The molecule has 1 saturated heterocycles. The van der Waals surface area contributed by atoms with E-state index in [-0.39, 0.29) is 11.9 Å². The minimum Gasteiger partial charge on any atom is -0.366 e. The molecule has 1 aliphatic carbocycles. The largest absolute Gasteiger partial charge is 0.366 e. The molecule has 2 aromatic carbocycles. The van der Waals surface area contributed by atoms with E-state index in [0.717, 1.165) is 25.7 Å². The van der Waals surface area contributed by atoms with Gasteiger partial charge in [-0.1, -0.05) is 42.5 Å². The first-order valence-electron chi connectivity index (χ1n) is 10.5. The number of nitrogens with two attached hydrogens (primary N) is 1. The number of nitrogens with one attached hydrogen (secondary N) is 1. The highest BCUT2D eigenvalue weighted by molar-refractivity contribution is 6.07. The summed E-state index contributed by atoms with van der Waals surface area (Å²) in [4.78, 5) is 38.4. The van der Waals surface area contributed by atoms with Crippen LogP contribution in [0.25, 0.3) is 0 Å². The van der Waals surface area contributed by atoms with E-state index < -0.39 is 11.4 Å². The number of imide groups is 1. The Balaban J connectivity index is 1.41. The van der Waals surface area contributed by atoms with Crippen molar-refractivity contribution >= 4 is 17.8 Å². The van der Waals surface area contributed by atoms with Crippen molar-refractivity contribution in [2.45, 2.75) is 44.1 Å². The maximum Gasteiger partial charge on any atom is 0.325 e. The number of hydrogen-bond donors (Lipinski definition) is 2. The number of carbonyl (C=O) groups excluding carboxylic acids is 3. The number of hydrogen-bond acceptors (Lipinski definition) is 3. The van der Waals surface area contributed by atoms with Gasteiger partial charge in [0.25, 0.3) is 5.91 Å². The third-order valence-corrected chi connectivity index (χ3v) is 6.58. The number of nitrogens with zero attached hydrogens (tertiary/aromatic N) is 1. The third kappa shape index (κ3) is 3.70. The minimum atomic E-state index is -1.13. The predicted octanol–water partition coefficient (Wildman–Crippen LogP) is 3.53. The van der Waals surface area contributed by atoms with E-state index in [2.05, 4.69) is 29.6 Å². The fraction of sp³-hybridized carbons (Fsp3) is 0.375. The lowest BCUT2D eigenvalue weighted by atomic mass is 9.78. The molecule has 6 nitrogen and oxygen atoms in total. The molecule has 0 aromatic heterocycles. The molecule has 1 aliphatic heterocycles. The van der Waals surface area contributed by atoms with E-state index in [4.69, 9.17) is 5.73 Å². The normalized spacial score (nSPS) is 26.5. The Morgan fingerprint density at radius 1 is 1.03 bits per heavy atom. The number of primary amides is 1. The van der Waals surface area contributed by atoms with Gasteiger partial charge in [0, 0.05) is 12.1 Å². The lowest BCUT2D eigenvalue weighted by molar-refractivity contribution is -0.131. The molecule has 2 fully saturated rings. The zero-order valence-corrected chi connectivity index (χ0v) is 17.1. The molecule has 2 aromatic rings. The fourth-order valence-corrected chi connectivity index (χ4v) is 4.69. The summed E-state index contributed by atoms with van der Waals surface area (Å²) >= 11 is 0. The summed E-state index contributed by atoms with van der Waals surface area (Å²) in [7, 11) is 0. The monoisotopic (exact) mass is 405 g/mol. The molecule has 156 valence electrons. The van der Waals surface area contributed by atoms with E-state index in [1.807, 2.05) is 6.07 Å². The molecule has 1 atom stereocenters. The van der Waals surface area contributed by atoms with Crippen LogP contribution in [0.3, 0.4) is 0 Å². The Bertz CT molecular complexity index is 949. The molecule has 1 saturated carbocycles. The van der Waals surface area contributed by atoms with Crippen molar-refractivity contribution in [1.29, 1.82) is 0 Å². The van der Waals surface area contributed by atoms with Gasteiger partial charge < -0.3 is 11.1 Å². The first-order valence-corrected chi connectivity index (χ1v) is 10.5. The number of rotatable bonds is 5. The Kier molecular flexibility index (Phi) is 5.33. The van der Waals surface area contributed by atoms with Crippen molar-refractivity contribution in [2.24, 2.45) is 11.7 Å². The highest BCUT2D eigenvalue weighted by Gasteiger charge is 2.49. The van der Waals surface area contributed by atoms with Gasteiger partial charge in [0.15, 0.2) is 0 Å². The van der Waals surface area contributed by atoms with Gasteiger partial charge >= 0.3 is 6.03 Å². The van der Waals surface area contributed by atoms with Crippen LogP contribution in [0.15, 0.2) is 54.6 Å². The summed E-state index contributed by atoms with van der Waals surface area (Å²) in [5.74, 6) is 0.101. The quantitative estimate of drug-likeness (QED) is 0.746. The van der Waals surface area contributed by atoms with Crippen LogP contribution in [0.5, 0.6) is 0 Å². The molecule has 4 amide bonds. The van der Waals surface area contributed by atoms with Crippen molar-refractivity contribution in [3.8, 4) is 0 Å². The van der Waals surface area contributed by atoms with Crippen molar-refractivity contribution in [3.05, 3.63) is 71.3 Å². The molecule has 4 rings (SSSR count). The topological polar surface area (TPSA) is 92.5 Å². The van der Waals surface area contributed by atoms with Gasteiger partial charge in [-0.2, -0.15) is 0 Å². The SMILES string of the molecule is CC1(c2ccc(C(N)=O)cc2)NC(=O)N(CC2CCC(c3ccccc3)CC2)C1=O. The van der Waals surface area contributed by atoms with Gasteiger partial charge in [-0.15, -0.1) is 0 Å². The van der Waals surface area contributed by atoms with Gasteiger partial charge in [0.2, 0.25) is 5.91 Å². The van der Waals surface area contributed by atoms with Crippen LogP contribution >= 0.6 is 0 Å². The summed E-state index contributed by atoms with van der Waals surface area (Å²) in [6, 6.07) is 16.7. The van der Waals surface area contributed by atoms with Crippen LogP contribution < -0.4 is 11.1 Å². The molecule has 1 unspecified atom stereocenters. The van der Waals surface area contributed by atoms with Gasteiger partial charge in [-0.05, 0) is 67.7 Å². The highest BCUT2D eigenvalue weighted by Crippen LogP contribution is 2.37. The highest BCUT2D eigenvalue weighted by atomic mass is 16.2. The molecule has 0 bridgehead atoms. The fourth-order valence-electron chi connectivity index (χ4n) is 4.69. The van der Waals surface area contributed by atoms with E-state index in [1.165, 1.54) is 10.5 Å². The van der Waals surface area contributed by atoms with Crippen molar-refractivity contribution in [3.63, 3.8) is 0 Å². The van der Waals surface area contributed by atoms with Crippen LogP contribution in [-0.2, 0) is 10.3 Å². The van der Waals surface area contributed by atoms with Gasteiger partial charge in [0.1, 0.15) is 5.54 Å². The van der Waals surface area contributed by atoms with Crippen LogP contribution in [0.4, 0.5) is 4.79 Å². The maximum absolute atomic E-state index is 13.2. The Morgan fingerprint density at radius 2 is 1.67 bits per heavy atom. The third-order valence-electron chi connectivity index (χ3n) is 6.58. The molecule has 3 N–H and O–H groups in total.